The molecule has 0 radical (unpaired) electrons. The normalized spacial score (nSPS) is 17.8. The fraction of sp³-hybridized carbons (Fsp3) is 0.333. The Morgan fingerprint density at radius 3 is 2.66 bits per heavy atom. The van der Waals surface area contributed by atoms with Crippen molar-refractivity contribution in [2.75, 3.05) is 49.7 Å². The molecular formula is C21H21N3O5. The van der Waals surface area contributed by atoms with E-state index < -0.39 is 0 Å². The van der Waals surface area contributed by atoms with E-state index in [-0.39, 0.29) is 25.1 Å². The number of carbonyl (C=O) groups is 2. The molecule has 0 atom stereocenters. The molecular weight excluding hydrogens is 374 g/mol. The van der Waals surface area contributed by atoms with Crippen molar-refractivity contribution in [1.82, 2.24) is 4.90 Å². The number of ether oxygens (including phenoxy) is 3. The number of esters is 1. The van der Waals surface area contributed by atoms with Crippen molar-refractivity contribution >= 4 is 23.3 Å². The Balaban J connectivity index is 1.13. The van der Waals surface area contributed by atoms with Gasteiger partial charge in [-0.2, -0.15) is 0 Å². The van der Waals surface area contributed by atoms with E-state index in [9.17, 15) is 9.59 Å². The van der Waals surface area contributed by atoms with Crippen LogP contribution in [0, 0.1) is 0 Å². The molecule has 150 valence electrons. The summed E-state index contributed by atoms with van der Waals surface area (Å²) >= 11 is 0. The Labute approximate surface area is 167 Å². The number of benzene rings is 2. The van der Waals surface area contributed by atoms with Gasteiger partial charge in [0.2, 0.25) is 12.7 Å². The van der Waals surface area contributed by atoms with Crippen molar-refractivity contribution in [2.24, 2.45) is 0 Å². The molecule has 3 heterocycles. The monoisotopic (exact) mass is 395 g/mol. The summed E-state index contributed by atoms with van der Waals surface area (Å²) < 4.78 is 16.0. The predicted molar refractivity (Wildman–Crippen MR) is 106 cm³/mol. The van der Waals surface area contributed by atoms with Crippen LogP contribution in [-0.4, -0.2) is 56.3 Å². The van der Waals surface area contributed by atoms with Crippen LogP contribution in [0.2, 0.25) is 0 Å². The summed E-state index contributed by atoms with van der Waals surface area (Å²) in [6, 6.07) is 11.3. The summed E-state index contributed by atoms with van der Waals surface area (Å²) in [6.07, 6.45) is 0.289. The fourth-order valence-electron chi connectivity index (χ4n) is 3.84. The standard InChI is InChI=1S/C21H21N3O5/c25-20(22-15-2-1-14-9-21(26)29-18(14)10-15)12-23-5-7-24(8-6-23)16-3-4-17-19(11-16)28-13-27-17/h1-4,10-11H,5-9,12-13H2,(H,22,25). The number of piperazine rings is 1. The van der Waals surface area contributed by atoms with Crippen LogP contribution < -0.4 is 24.4 Å². The fourth-order valence-corrected chi connectivity index (χ4v) is 3.84. The van der Waals surface area contributed by atoms with Crippen molar-refractivity contribution in [3.8, 4) is 17.2 Å². The van der Waals surface area contributed by atoms with Crippen LogP contribution in [0.3, 0.4) is 0 Å². The number of amides is 1. The van der Waals surface area contributed by atoms with Gasteiger partial charge in [0.05, 0.1) is 13.0 Å². The van der Waals surface area contributed by atoms with Crippen LogP contribution in [0.1, 0.15) is 5.56 Å². The first-order chi connectivity index (χ1) is 14.1. The highest BCUT2D eigenvalue weighted by Gasteiger charge is 2.23. The summed E-state index contributed by atoms with van der Waals surface area (Å²) in [4.78, 5) is 28.2. The van der Waals surface area contributed by atoms with E-state index in [0.29, 0.717) is 18.0 Å². The number of hydrogen-bond acceptors (Lipinski definition) is 7. The van der Waals surface area contributed by atoms with Crippen LogP contribution in [0.4, 0.5) is 11.4 Å². The quantitative estimate of drug-likeness (QED) is 0.623. The average Bonchev–Trinajstić information content (AvgIpc) is 3.32. The number of hydrogen-bond donors (Lipinski definition) is 1. The molecule has 8 nitrogen and oxygen atoms in total. The van der Waals surface area contributed by atoms with Gasteiger partial charge in [0.25, 0.3) is 0 Å². The molecule has 1 fully saturated rings. The second kappa shape index (κ2) is 7.29. The Hall–Kier alpha value is -3.26. The Morgan fingerprint density at radius 1 is 0.966 bits per heavy atom. The van der Waals surface area contributed by atoms with Crippen molar-refractivity contribution in [3.63, 3.8) is 0 Å². The summed E-state index contributed by atoms with van der Waals surface area (Å²) in [7, 11) is 0. The van der Waals surface area contributed by atoms with Gasteiger partial charge in [0, 0.05) is 55.2 Å². The Bertz CT molecular complexity index is 969. The first-order valence-corrected chi connectivity index (χ1v) is 9.64. The van der Waals surface area contributed by atoms with Gasteiger partial charge in [0.15, 0.2) is 11.5 Å². The Kier molecular flexibility index (Phi) is 4.48. The minimum atomic E-state index is -0.260. The number of carbonyl (C=O) groups excluding carboxylic acids is 2. The number of nitrogens with zero attached hydrogens (tertiary/aromatic N) is 2. The van der Waals surface area contributed by atoms with Crippen LogP contribution in [0.15, 0.2) is 36.4 Å². The highest BCUT2D eigenvalue weighted by Crippen LogP contribution is 2.35. The lowest BCUT2D eigenvalue weighted by Crippen LogP contribution is -2.48. The van der Waals surface area contributed by atoms with E-state index in [1.807, 2.05) is 24.3 Å². The molecule has 0 spiro atoms. The highest BCUT2D eigenvalue weighted by molar-refractivity contribution is 5.93. The summed E-state index contributed by atoms with van der Waals surface area (Å²) in [5.41, 5.74) is 2.60. The molecule has 1 N–H and O–H groups in total. The van der Waals surface area contributed by atoms with Crippen molar-refractivity contribution in [1.29, 1.82) is 0 Å². The molecule has 0 bridgehead atoms. The topological polar surface area (TPSA) is 80.3 Å². The van der Waals surface area contributed by atoms with Gasteiger partial charge >= 0.3 is 5.97 Å². The van der Waals surface area contributed by atoms with Crippen molar-refractivity contribution in [3.05, 3.63) is 42.0 Å². The van der Waals surface area contributed by atoms with Crippen molar-refractivity contribution < 1.29 is 23.8 Å². The van der Waals surface area contributed by atoms with Crippen LogP contribution in [0.5, 0.6) is 17.2 Å². The minimum Gasteiger partial charge on any atom is -0.454 e. The molecule has 1 saturated heterocycles. The lowest BCUT2D eigenvalue weighted by molar-refractivity contribution is -0.131. The van der Waals surface area contributed by atoms with E-state index in [1.165, 1.54) is 0 Å². The Morgan fingerprint density at radius 2 is 1.79 bits per heavy atom. The predicted octanol–water partition coefficient (Wildman–Crippen LogP) is 1.64. The van der Waals surface area contributed by atoms with Gasteiger partial charge in [-0.15, -0.1) is 0 Å². The van der Waals surface area contributed by atoms with Gasteiger partial charge in [-0.25, -0.2) is 0 Å². The third kappa shape index (κ3) is 3.71. The number of rotatable bonds is 4. The summed E-state index contributed by atoms with van der Waals surface area (Å²) in [5.74, 6) is 1.76. The molecule has 3 aliphatic heterocycles. The van der Waals surface area contributed by atoms with Crippen LogP contribution in [0.25, 0.3) is 0 Å². The molecule has 2 aromatic rings. The number of nitrogens with one attached hydrogen (secondary N) is 1. The zero-order chi connectivity index (χ0) is 19.8. The smallest absolute Gasteiger partial charge is 0.315 e. The molecule has 0 saturated carbocycles. The summed E-state index contributed by atoms with van der Waals surface area (Å²) in [5, 5.41) is 2.89. The van der Waals surface area contributed by atoms with E-state index >= 15 is 0 Å². The molecule has 0 unspecified atom stereocenters. The molecule has 0 aliphatic carbocycles. The van der Waals surface area contributed by atoms with Gasteiger partial charge in [-0.3, -0.25) is 14.5 Å². The molecule has 29 heavy (non-hydrogen) atoms. The maximum absolute atomic E-state index is 12.4. The van der Waals surface area contributed by atoms with E-state index in [2.05, 4.69) is 15.1 Å². The van der Waals surface area contributed by atoms with E-state index in [4.69, 9.17) is 14.2 Å². The van der Waals surface area contributed by atoms with Gasteiger partial charge in [0.1, 0.15) is 5.75 Å². The second-order valence-electron chi connectivity index (χ2n) is 7.32. The first-order valence-electron chi connectivity index (χ1n) is 9.64. The molecule has 3 aliphatic rings. The van der Waals surface area contributed by atoms with E-state index in [0.717, 1.165) is 48.9 Å². The summed E-state index contributed by atoms with van der Waals surface area (Å²) in [6.45, 7) is 3.86. The maximum Gasteiger partial charge on any atom is 0.315 e. The van der Waals surface area contributed by atoms with Crippen LogP contribution >= 0.6 is 0 Å². The molecule has 0 aromatic heterocycles. The number of anilines is 2. The SMILES string of the molecule is O=C(CN1CCN(c2ccc3c(c2)OCO3)CC1)Nc1ccc2c(c1)OC(=O)C2. The largest absolute Gasteiger partial charge is 0.454 e. The molecule has 8 heteroatoms. The van der Waals surface area contributed by atoms with E-state index in [1.54, 1.807) is 12.1 Å². The maximum atomic E-state index is 12.4. The van der Waals surface area contributed by atoms with Gasteiger partial charge in [-0.05, 0) is 18.2 Å². The average molecular weight is 395 g/mol. The third-order valence-electron chi connectivity index (χ3n) is 5.37. The zero-order valence-electron chi connectivity index (χ0n) is 15.8. The lowest BCUT2D eigenvalue weighted by atomic mass is 10.1. The second-order valence-corrected chi connectivity index (χ2v) is 7.32. The van der Waals surface area contributed by atoms with Crippen molar-refractivity contribution in [2.45, 2.75) is 6.42 Å². The molecule has 5 rings (SSSR count). The first kappa shape index (κ1) is 17.8. The minimum absolute atomic E-state index is 0.0780. The molecule has 2 aromatic carbocycles. The lowest BCUT2D eigenvalue weighted by Gasteiger charge is -2.35. The van der Waals surface area contributed by atoms with Gasteiger partial charge < -0.3 is 24.4 Å². The number of fused-ring (bicyclic) bond motifs is 2. The highest BCUT2D eigenvalue weighted by atomic mass is 16.7. The third-order valence-corrected chi connectivity index (χ3v) is 5.37. The zero-order valence-corrected chi connectivity index (χ0v) is 15.8. The molecule has 1 amide bonds. The van der Waals surface area contributed by atoms with Gasteiger partial charge in [-0.1, -0.05) is 6.07 Å². The van der Waals surface area contributed by atoms with Crippen LogP contribution in [-0.2, 0) is 16.0 Å².